The van der Waals surface area contributed by atoms with Gasteiger partial charge in [-0.2, -0.15) is 4.31 Å². The summed E-state index contributed by atoms with van der Waals surface area (Å²) in [5.41, 5.74) is 4.31. The lowest BCUT2D eigenvalue weighted by Crippen LogP contribution is -2.32. The number of hydrogen-bond donors (Lipinski definition) is 0. The Morgan fingerprint density at radius 1 is 0.973 bits per heavy atom. The molecule has 0 aliphatic carbocycles. The van der Waals surface area contributed by atoms with Crippen LogP contribution in [0.5, 0.6) is 0 Å². The zero-order valence-electron chi connectivity index (χ0n) is 21.1. The van der Waals surface area contributed by atoms with Gasteiger partial charge in [0.2, 0.25) is 10.0 Å². The van der Waals surface area contributed by atoms with E-state index in [-0.39, 0.29) is 17.3 Å². The molecule has 1 saturated heterocycles. The molecule has 9 heteroatoms. The summed E-state index contributed by atoms with van der Waals surface area (Å²) >= 11 is 1.46. The second-order valence-corrected chi connectivity index (χ2v) is 12.4. The van der Waals surface area contributed by atoms with Crippen LogP contribution in [0.1, 0.15) is 52.9 Å². The lowest BCUT2D eigenvalue weighted by atomic mass is 10.1. The molecule has 0 saturated carbocycles. The standard InChI is InChI=1S/C28H30N4O3S2/c1-20-17-25-26(18-21(20)2)36-28(30-25)32(19-23-9-5-6-14-29-23)27(33)22-10-12-24(13-11-22)37(34,35)31-15-7-3-4-8-16-31/h5-6,9-14,17-18H,3-4,7-8,15-16,19H2,1-2H3. The normalized spacial score (nSPS) is 15.0. The highest BCUT2D eigenvalue weighted by Gasteiger charge is 2.27. The summed E-state index contributed by atoms with van der Waals surface area (Å²) in [4.78, 5) is 24.8. The number of carbonyl (C=O) groups is 1. The second kappa shape index (κ2) is 10.7. The van der Waals surface area contributed by atoms with Gasteiger partial charge in [0.25, 0.3) is 5.91 Å². The number of anilines is 1. The molecular weight excluding hydrogens is 504 g/mol. The SMILES string of the molecule is Cc1cc2nc(N(Cc3ccccn3)C(=O)c3ccc(S(=O)(=O)N4CCCCCC4)cc3)sc2cc1C. The summed E-state index contributed by atoms with van der Waals surface area (Å²) in [5.74, 6) is -0.253. The van der Waals surface area contributed by atoms with E-state index in [1.165, 1.54) is 29.0 Å². The molecule has 7 nitrogen and oxygen atoms in total. The fourth-order valence-corrected chi connectivity index (χ4v) is 7.08. The number of aryl methyl sites for hydroxylation is 2. The predicted molar refractivity (Wildman–Crippen MR) is 148 cm³/mol. The highest BCUT2D eigenvalue weighted by Crippen LogP contribution is 2.32. The molecule has 2 aromatic heterocycles. The van der Waals surface area contributed by atoms with Crippen LogP contribution in [0.15, 0.2) is 65.7 Å². The summed E-state index contributed by atoms with van der Waals surface area (Å²) in [6.07, 6.45) is 5.55. The molecule has 0 atom stereocenters. The highest BCUT2D eigenvalue weighted by atomic mass is 32.2. The number of nitrogens with zero attached hydrogens (tertiary/aromatic N) is 4. The second-order valence-electron chi connectivity index (χ2n) is 9.46. The Hall–Kier alpha value is -3.14. The van der Waals surface area contributed by atoms with Crippen LogP contribution in [0, 0.1) is 13.8 Å². The molecule has 37 heavy (non-hydrogen) atoms. The van der Waals surface area contributed by atoms with Crippen molar-refractivity contribution in [1.82, 2.24) is 14.3 Å². The van der Waals surface area contributed by atoms with Crippen molar-refractivity contribution in [1.29, 1.82) is 0 Å². The molecule has 4 aromatic rings. The van der Waals surface area contributed by atoms with Crippen LogP contribution in [0.3, 0.4) is 0 Å². The molecule has 1 aliphatic heterocycles. The lowest BCUT2D eigenvalue weighted by Gasteiger charge is -2.21. The third kappa shape index (κ3) is 5.44. The van der Waals surface area contributed by atoms with Crippen molar-refractivity contribution in [2.75, 3.05) is 18.0 Å². The van der Waals surface area contributed by atoms with E-state index in [0.717, 1.165) is 47.2 Å². The molecule has 5 rings (SSSR count). The van der Waals surface area contributed by atoms with E-state index in [1.54, 1.807) is 27.5 Å². The molecule has 1 aliphatic rings. The Bertz CT molecular complexity index is 1470. The summed E-state index contributed by atoms with van der Waals surface area (Å²) in [6.45, 7) is 5.44. The Balaban J connectivity index is 1.47. The average molecular weight is 535 g/mol. The minimum Gasteiger partial charge on any atom is -0.278 e. The lowest BCUT2D eigenvalue weighted by molar-refractivity contribution is 0.0984. The Morgan fingerprint density at radius 3 is 2.35 bits per heavy atom. The zero-order chi connectivity index (χ0) is 26.0. The number of fused-ring (bicyclic) bond motifs is 1. The number of aromatic nitrogens is 2. The maximum atomic E-state index is 13.8. The van der Waals surface area contributed by atoms with Gasteiger partial charge in [0.1, 0.15) is 0 Å². The van der Waals surface area contributed by atoms with E-state index in [0.29, 0.717) is 23.8 Å². The number of carbonyl (C=O) groups excluding carboxylic acids is 1. The van der Waals surface area contributed by atoms with Gasteiger partial charge in [-0.1, -0.05) is 30.2 Å². The van der Waals surface area contributed by atoms with Crippen molar-refractivity contribution in [2.45, 2.75) is 51.0 Å². The molecule has 0 bridgehead atoms. The van der Waals surface area contributed by atoms with Crippen LogP contribution in [0.4, 0.5) is 5.13 Å². The van der Waals surface area contributed by atoms with Crippen molar-refractivity contribution in [3.05, 3.63) is 83.2 Å². The molecular formula is C28H30N4O3S2. The Morgan fingerprint density at radius 2 is 1.68 bits per heavy atom. The quantitative estimate of drug-likeness (QED) is 0.316. The van der Waals surface area contributed by atoms with Crippen molar-refractivity contribution in [3.63, 3.8) is 0 Å². The largest absolute Gasteiger partial charge is 0.278 e. The van der Waals surface area contributed by atoms with Crippen molar-refractivity contribution in [3.8, 4) is 0 Å². The minimum absolute atomic E-state index is 0.216. The van der Waals surface area contributed by atoms with Gasteiger partial charge in [-0.15, -0.1) is 0 Å². The Labute approximate surface area is 221 Å². The maximum absolute atomic E-state index is 13.8. The first-order valence-corrected chi connectivity index (χ1v) is 14.8. The number of thiazole rings is 1. The first-order valence-electron chi connectivity index (χ1n) is 12.5. The summed E-state index contributed by atoms with van der Waals surface area (Å²) in [7, 11) is -3.59. The van der Waals surface area contributed by atoms with E-state index in [4.69, 9.17) is 4.98 Å². The van der Waals surface area contributed by atoms with Gasteiger partial charge in [-0.05, 0) is 86.3 Å². The molecule has 0 unspecified atom stereocenters. The third-order valence-corrected chi connectivity index (χ3v) is 9.77. The fourth-order valence-electron chi connectivity index (χ4n) is 4.52. The van der Waals surface area contributed by atoms with Crippen molar-refractivity contribution >= 4 is 42.6 Å². The third-order valence-electron chi connectivity index (χ3n) is 6.82. The molecule has 1 amide bonds. The number of sulfonamides is 1. The first-order chi connectivity index (χ1) is 17.8. The van der Waals surface area contributed by atoms with Crippen molar-refractivity contribution in [2.24, 2.45) is 0 Å². The minimum atomic E-state index is -3.59. The van der Waals surface area contributed by atoms with Crippen LogP contribution >= 0.6 is 11.3 Å². The van der Waals surface area contributed by atoms with E-state index in [2.05, 4.69) is 18.0 Å². The molecule has 3 heterocycles. The van der Waals surface area contributed by atoms with E-state index in [9.17, 15) is 13.2 Å². The van der Waals surface area contributed by atoms with E-state index >= 15 is 0 Å². The highest BCUT2D eigenvalue weighted by molar-refractivity contribution is 7.89. The summed E-state index contributed by atoms with van der Waals surface area (Å²) < 4.78 is 28.9. The van der Waals surface area contributed by atoms with Gasteiger partial charge < -0.3 is 0 Å². The average Bonchev–Trinajstić information content (AvgIpc) is 3.10. The van der Waals surface area contributed by atoms with Crippen LogP contribution in [-0.2, 0) is 16.6 Å². The zero-order valence-corrected chi connectivity index (χ0v) is 22.7. The fraction of sp³-hybridized carbons (Fsp3) is 0.321. The predicted octanol–water partition coefficient (Wildman–Crippen LogP) is 5.72. The molecule has 192 valence electrons. The van der Waals surface area contributed by atoms with Gasteiger partial charge in [-0.25, -0.2) is 13.4 Å². The Kier molecular flexibility index (Phi) is 7.37. The smallest absolute Gasteiger partial charge is 0.260 e. The number of benzene rings is 2. The monoisotopic (exact) mass is 534 g/mol. The number of amides is 1. The van der Waals surface area contributed by atoms with Gasteiger partial charge in [-0.3, -0.25) is 14.7 Å². The summed E-state index contributed by atoms with van der Waals surface area (Å²) in [5, 5.41) is 0.580. The molecule has 2 aromatic carbocycles. The summed E-state index contributed by atoms with van der Waals surface area (Å²) in [6, 6.07) is 16.0. The topological polar surface area (TPSA) is 83.5 Å². The molecule has 0 N–H and O–H groups in total. The number of pyridine rings is 1. The van der Waals surface area contributed by atoms with Gasteiger partial charge in [0.05, 0.1) is 27.4 Å². The van der Waals surface area contributed by atoms with Crippen LogP contribution in [-0.4, -0.2) is 41.7 Å². The van der Waals surface area contributed by atoms with E-state index in [1.807, 2.05) is 31.2 Å². The molecule has 0 radical (unpaired) electrons. The van der Waals surface area contributed by atoms with Crippen LogP contribution in [0.25, 0.3) is 10.2 Å². The number of hydrogen-bond acceptors (Lipinski definition) is 6. The maximum Gasteiger partial charge on any atom is 0.260 e. The van der Waals surface area contributed by atoms with E-state index < -0.39 is 10.0 Å². The van der Waals surface area contributed by atoms with Gasteiger partial charge >= 0.3 is 0 Å². The van der Waals surface area contributed by atoms with Gasteiger partial charge in [0.15, 0.2) is 5.13 Å². The van der Waals surface area contributed by atoms with Crippen LogP contribution < -0.4 is 4.90 Å². The molecule has 1 fully saturated rings. The van der Waals surface area contributed by atoms with Crippen molar-refractivity contribution < 1.29 is 13.2 Å². The van der Waals surface area contributed by atoms with Crippen LogP contribution in [0.2, 0.25) is 0 Å². The number of rotatable bonds is 6. The first kappa shape index (κ1) is 25.5. The molecule has 0 spiro atoms. The van der Waals surface area contributed by atoms with Gasteiger partial charge in [0, 0.05) is 24.8 Å².